The number of aryl methyl sites for hydroxylation is 2. The molecule has 0 fully saturated rings. The van der Waals surface area contributed by atoms with Crippen molar-refractivity contribution < 1.29 is 19.0 Å². The fourth-order valence-electron chi connectivity index (χ4n) is 3.85. The van der Waals surface area contributed by atoms with Gasteiger partial charge in [-0.15, -0.1) is 0 Å². The molecule has 1 aromatic heterocycles. The quantitative estimate of drug-likeness (QED) is 0.539. The third-order valence-electron chi connectivity index (χ3n) is 5.66. The lowest BCUT2D eigenvalue weighted by molar-refractivity contribution is 0.0949. The van der Waals surface area contributed by atoms with Gasteiger partial charge in [0.2, 0.25) is 6.79 Å². The zero-order valence-corrected chi connectivity index (χ0v) is 18.7. The summed E-state index contributed by atoms with van der Waals surface area (Å²) in [6.45, 7) is 5.18. The number of benzene rings is 2. The Bertz CT molecular complexity index is 1220. The standard InChI is InChI=1S/C25H28N2O5/c1-4-5-6-11-30-23-16(2)7-9-18-13-19(25(29)27(3)22(18)23)24(28)26-14-17-8-10-20-21(12-17)32-15-31-20/h7-10,12-13H,4-6,11,14-15H2,1-3H3,(H,26,28). The Morgan fingerprint density at radius 2 is 1.94 bits per heavy atom. The van der Waals surface area contributed by atoms with Gasteiger partial charge in [-0.3, -0.25) is 9.59 Å². The fourth-order valence-corrected chi connectivity index (χ4v) is 3.85. The molecule has 32 heavy (non-hydrogen) atoms. The normalized spacial score (nSPS) is 12.2. The van der Waals surface area contributed by atoms with Crippen LogP contribution in [0.2, 0.25) is 0 Å². The molecule has 7 heteroatoms. The number of hydrogen-bond donors (Lipinski definition) is 1. The number of aromatic nitrogens is 1. The first-order valence-electron chi connectivity index (χ1n) is 10.9. The van der Waals surface area contributed by atoms with Gasteiger partial charge in [0.15, 0.2) is 11.5 Å². The maximum atomic E-state index is 13.0. The van der Waals surface area contributed by atoms with Gasteiger partial charge in [-0.1, -0.05) is 38.0 Å². The van der Waals surface area contributed by atoms with Crippen LogP contribution in [0.5, 0.6) is 17.2 Å². The number of ether oxygens (including phenoxy) is 3. The minimum Gasteiger partial charge on any atom is -0.491 e. The Balaban J connectivity index is 1.57. The molecular weight excluding hydrogens is 408 g/mol. The van der Waals surface area contributed by atoms with Gasteiger partial charge in [0.1, 0.15) is 11.3 Å². The number of pyridine rings is 1. The summed E-state index contributed by atoms with van der Waals surface area (Å²) in [4.78, 5) is 25.9. The second-order valence-corrected chi connectivity index (χ2v) is 8.00. The molecule has 0 radical (unpaired) electrons. The number of hydrogen-bond acceptors (Lipinski definition) is 5. The summed E-state index contributed by atoms with van der Waals surface area (Å²) >= 11 is 0. The topological polar surface area (TPSA) is 78.8 Å². The molecule has 0 bridgehead atoms. The molecule has 1 aliphatic rings. The number of amides is 1. The van der Waals surface area contributed by atoms with E-state index in [9.17, 15) is 9.59 Å². The van der Waals surface area contributed by atoms with Crippen LogP contribution in [0.15, 0.2) is 41.2 Å². The van der Waals surface area contributed by atoms with Crippen LogP contribution in [0.1, 0.15) is 47.7 Å². The van der Waals surface area contributed by atoms with Crippen molar-refractivity contribution in [3.8, 4) is 17.2 Å². The lowest BCUT2D eigenvalue weighted by Crippen LogP contribution is -2.32. The van der Waals surface area contributed by atoms with Crippen molar-refractivity contribution in [2.45, 2.75) is 39.7 Å². The van der Waals surface area contributed by atoms with Crippen LogP contribution in [0.25, 0.3) is 10.9 Å². The Kier molecular flexibility index (Phi) is 6.35. The fraction of sp³-hybridized carbons (Fsp3) is 0.360. The summed E-state index contributed by atoms with van der Waals surface area (Å²) in [6, 6.07) is 11.0. The molecule has 0 spiro atoms. The largest absolute Gasteiger partial charge is 0.491 e. The predicted octanol–water partition coefficient (Wildman–Crippen LogP) is 4.07. The van der Waals surface area contributed by atoms with Crippen molar-refractivity contribution in [2.24, 2.45) is 7.05 Å². The average Bonchev–Trinajstić information content (AvgIpc) is 3.26. The monoisotopic (exact) mass is 436 g/mol. The molecular formula is C25H28N2O5. The Hall–Kier alpha value is -3.48. The minimum atomic E-state index is -0.420. The first-order valence-corrected chi connectivity index (χ1v) is 10.9. The molecule has 0 unspecified atom stereocenters. The Morgan fingerprint density at radius 1 is 1.12 bits per heavy atom. The van der Waals surface area contributed by atoms with Gasteiger partial charge in [0.05, 0.1) is 12.1 Å². The summed E-state index contributed by atoms with van der Waals surface area (Å²) in [7, 11) is 1.68. The van der Waals surface area contributed by atoms with Gasteiger partial charge in [-0.25, -0.2) is 0 Å². The second-order valence-electron chi connectivity index (χ2n) is 8.00. The zero-order valence-electron chi connectivity index (χ0n) is 18.7. The molecule has 1 aliphatic heterocycles. The highest BCUT2D eigenvalue weighted by Crippen LogP contribution is 2.32. The third-order valence-corrected chi connectivity index (χ3v) is 5.66. The van der Waals surface area contributed by atoms with E-state index >= 15 is 0 Å². The van der Waals surface area contributed by atoms with Gasteiger partial charge in [0, 0.05) is 19.0 Å². The number of carbonyl (C=O) groups excluding carboxylic acids is 1. The number of nitrogens with one attached hydrogen (secondary N) is 1. The van der Waals surface area contributed by atoms with Crippen molar-refractivity contribution in [1.82, 2.24) is 9.88 Å². The molecule has 0 saturated carbocycles. The minimum absolute atomic E-state index is 0.0986. The summed E-state index contributed by atoms with van der Waals surface area (Å²) in [6.07, 6.45) is 3.16. The maximum absolute atomic E-state index is 13.0. The molecule has 2 heterocycles. The Morgan fingerprint density at radius 3 is 2.75 bits per heavy atom. The van der Waals surface area contributed by atoms with Crippen molar-refractivity contribution in [2.75, 3.05) is 13.4 Å². The number of carbonyl (C=O) groups is 1. The molecule has 0 saturated heterocycles. The van der Waals surface area contributed by atoms with Gasteiger partial charge in [-0.05, 0) is 42.7 Å². The smallest absolute Gasteiger partial charge is 0.263 e. The highest BCUT2D eigenvalue weighted by atomic mass is 16.7. The number of unbranched alkanes of at least 4 members (excludes halogenated alkanes) is 2. The summed E-state index contributed by atoms with van der Waals surface area (Å²) in [5, 5.41) is 3.62. The van der Waals surface area contributed by atoms with Crippen LogP contribution in [-0.4, -0.2) is 23.9 Å². The van der Waals surface area contributed by atoms with Gasteiger partial charge in [-0.2, -0.15) is 0 Å². The van der Waals surface area contributed by atoms with Crippen LogP contribution < -0.4 is 25.1 Å². The predicted molar refractivity (Wildman–Crippen MR) is 123 cm³/mol. The maximum Gasteiger partial charge on any atom is 0.263 e. The number of rotatable bonds is 8. The van der Waals surface area contributed by atoms with Crippen LogP contribution in [0.4, 0.5) is 0 Å². The Labute approximate surface area is 186 Å². The lowest BCUT2D eigenvalue weighted by Gasteiger charge is -2.16. The van der Waals surface area contributed by atoms with E-state index in [4.69, 9.17) is 14.2 Å². The molecule has 1 amide bonds. The molecule has 1 N–H and O–H groups in total. The van der Waals surface area contributed by atoms with E-state index in [1.807, 2.05) is 37.3 Å². The highest BCUT2D eigenvalue weighted by molar-refractivity contribution is 5.98. The summed E-state index contributed by atoms with van der Waals surface area (Å²) in [5.74, 6) is 1.62. The van der Waals surface area contributed by atoms with Gasteiger partial charge < -0.3 is 24.1 Å². The van der Waals surface area contributed by atoms with Crippen molar-refractivity contribution in [1.29, 1.82) is 0 Å². The molecule has 3 aromatic rings. The third kappa shape index (κ3) is 4.28. The molecule has 0 aliphatic carbocycles. The van der Waals surface area contributed by atoms with E-state index in [-0.39, 0.29) is 24.5 Å². The van der Waals surface area contributed by atoms with Crippen LogP contribution in [0, 0.1) is 6.92 Å². The van der Waals surface area contributed by atoms with Gasteiger partial charge in [0.25, 0.3) is 11.5 Å². The average molecular weight is 437 g/mol. The van der Waals surface area contributed by atoms with E-state index < -0.39 is 5.91 Å². The molecule has 0 atom stereocenters. The first-order chi connectivity index (χ1) is 15.5. The molecule has 7 nitrogen and oxygen atoms in total. The van der Waals surface area contributed by atoms with E-state index in [1.54, 1.807) is 13.1 Å². The van der Waals surface area contributed by atoms with E-state index in [1.165, 1.54) is 4.57 Å². The first kappa shape index (κ1) is 21.7. The van der Waals surface area contributed by atoms with Crippen LogP contribution in [-0.2, 0) is 13.6 Å². The van der Waals surface area contributed by atoms with Crippen molar-refractivity contribution in [3.63, 3.8) is 0 Å². The SMILES string of the molecule is CCCCCOc1c(C)ccc2cc(C(=O)NCc3ccc4c(c3)OCO4)c(=O)n(C)c12. The number of nitrogens with zero attached hydrogens (tertiary/aromatic N) is 1. The summed E-state index contributed by atoms with van der Waals surface area (Å²) < 4.78 is 18.2. The number of fused-ring (bicyclic) bond motifs is 2. The zero-order chi connectivity index (χ0) is 22.7. The lowest BCUT2D eigenvalue weighted by atomic mass is 10.1. The highest BCUT2D eigenvalue weighted by Gasteiger charge is 2.18. The molecule has 4 rings (SSSR count). The molecule has 2 aromatic carbocycles. The van der Waals surface area contributed by atoms with E-state index in [0.29, 0.717) is 29.4 Å². The second kappa shape index (κ2) is 9.34. The summed E-state index contributed by atoms with van der Waals surface area (Å²) in [5.41, 5.74) is 2.27. The van der Waals surface area contributed by atoms with E-state index in [2.05, 4.69) is 12.2 Å². The van der Waals surface area contributed by atoms with E-state index in [0.717, 1.165) is 35.8 Å². The van der Waals surface area contributed by atoms with Crippen LogP contribution in [0.3, 0.4) is 0 Å². The van der Waals surface area contributed by atoms with Gasteiger partial charge >= 0.3 is 0 Å². The van der Waals surface area contributed by atoms with Crippen molar-refractivity contribution >= 4 is 16.8 Å². The van der Waals surface area contributed by atoms with Crippen molar-refractivity contribution in [3.05, 3.63) is 63.4 Å². The molecule has 168 valence electrons. The van der Waals surface area contributed by atoms with Crippen LogP contribution >= 0.6 is 0 Å².